The largest absolute Gasteiger partial charge is 0.370 e. The molecule has 1 aliphatic heterocycles. The zero-order chi connectivity index (χ0) is 16.2. The van der Waals surface area contributed by atoms with E-state index in [4.69, 9.17) is 0 Å². The number of aromatic nitrogens is 2. The van der Waals surface area contributed by atoms with Crippen LogP contribution in [0.25, 0.3) is 0 Å². The fraction of sp³-hybridized carbons (Fsp3) is 0.333. The molecule has 0 radical (unpaired) electrons. The summed E-state index contributed by atoms with van der Waals surface area (Å²) in [6, 6.07) is 7.48. The lowest BCUT2D eigenvalue weighted by Crippen LogP contribution is -2.30. The molecular formula is C15H17N5O3. The van der Waals surface area contributed by atoms with E-state index in [9.17, 15) is 14.9 Å². The van der Waals surface area contributed by atoms with E-state index in [0.717, 1.165) is 37.8 Å². The van der Waals surface area contributed by atoms with E-state index in [1.54, 1.807) is 6.07 Å². The Morgan fingerprint density at radius 3 is 2.74 bits per heavy atom. The zero-order valence-electron chi connectivity index (χ0n) is 12.5. The van der Waals surface area contributed by atoms with Crippen molar-refractivity contribution in [1.29, 1.82) is 0 Å². The molecule has 0 unspecified atom stereocenters. The topological polar surface area (TPSA) is 104 Å². The lowest BCUT2D eigenvalue weighted by molar-refractivity contribution is -0.385. The predicted molar refractivity (Wildman–Crippen MR) is 85.7 cm³/mol. The fourth-order valence-electron chi connectivity index (χ4n) is 2.76. The number of hydrogen-bond donors (Lipinski definition) is 2. The number of H-pyrrole nitrogens is 1. The summed E-state index contributed by atoms with van der Waals surface area (Å²) in [7, 11) is 0. The second kappa shape index (κ2) is 6.47. The SMILES string of the molecule is O=C(Nc1ccccc1N1CCCCC1)c1[nH]ncc1[N+](=O)[O-]. The van der Waals surface area contributed by atoms with Gasteiger partial charge in [0.05, 0.1) is 16.3 Å². The van der Waals surface area contributed by atoms with Gasteiger partial charge in [0.2, 0.25) is 5.69 Å². The van der Waals surface area contributed by atoms with Crippen LogP contribution in [0, 0.1) is 10.1 Å². The summed E-state index contributed by atoms with van der Waals surface area (Å²) in [6.07, 6.45) is 4.49. The van der Waals surface area contributed by atoms with Gasteiger partial charge in [-0.3, -0.25) is 20.0 Å². The maximum Gasteiger partial charge on any atom is 0.319 e. The van der Waals surface area contributed by atoms with Crippen molar-refractivity contribution >= 4 is 23.0 Å². The van der Waals surface area contributed by atoms with E-state index in [1.165, 1.54) is 6.42 Å². The molecule has 2 N–H and O–H groups in total. The van der Waals surface area contributed by atoms with Gasteiger partial charge in [0.1, 0.15) is 6.20 Å². The number of nitrogens with zero attached hydrogens (tertiary/aromatic N) is 3. The van der Waals surface area contributed by atoms with Crippen LogP contribution in [0.5, 0.6) is 0 Å². The molecule has 1 amide bonds. The summed E-state index contributed by atoms with van der Waals surface area (Å²) in [5, 5.41) is 19.6. The van der Waals surface area contributed by atoms with E-state index in [2.05, 4.69) is 20.4 Å². The highest BCUT2D eigenvalue weighted by Crippen LogP contribution is 2.29. The first-order chi connectivity index (χ1) is 11.2. The van der Waals surface area contributed by atoms with Crippen LogP contribution in [0.4, 0.5) is 17.1 Å². The number of benzene rings is 1. The van der Waals surface area contributed by atoms with E-state index in [-0.39, 0.29) is 11.4 Å². The lowest BCUT2D eigenvalue weighted by atomic mass is 10.1. The molecule has 1 saturated heterocycles. The Hall–Kier alpha value is -2.90. The van der Waals surface area contributed by atoms with Gasteiger partial charge < -0.3 is 10.2 Å². The maximum atomic E-state index is 12.3. The van der Waals surface area contributed by atoms with E-state index in [0.29, 0.717) is 5.69 Å². The number of rotatable bonds is 4. The van der Waals surface area contributed by atoms with Gasteiger partial charge in [-0.15, -0.1) is 0 Å². The summed E-state index contributed by atoms with van der Waals surface area (Å²) in [4.78, 5) is 24.8. The number of nitrogens with one attached hydrogen (secondary N) is 2. The molecule has 23 heavy (non-hydrogen) atoms. The van der Waals surface area contributed by atoms with Crippen LogP contribution in [-0.4, -0.2) is 34.1 Å². The Morgan fingerprint density at radius 1 is 1.26 bits per heavy atom. The van der Waals surface area contributed by atoms with Crippen LogP contribution < -0.4 is 10.2 Å². The molecule has 2 heterocycles. The lowest BCUT2D eigenvalue weighted by Gasteiger charge is -2.30. The number of aromatic amines is 1. The van der Waals surface area contributed by atoms with Crippen LogP contribution in [0.1, 0.15) is 29.8 Å². The van der Waals surface area contributed by atoms with Crippen molar-refractivity contribution in [3.63, 3.8) is 0 Å². The van der Waals surface area contributed by atoms with E-state index < -0.39 is 10.8 Å². The second-order valence-electron chi connectivity index (χ2n) is 5.41. The van der Waals surface area contributed by atoms with Crippen molar-refractivity contribution in [2.45, 2.75) is 19.3 Å². The third-order valence-electron chi connectivity index (χ3n) is 3.89. The summed E-state index contributed by atoms with van der Waals surface area (Å²) < 4.78 is 0. The van der Waals surface area contributed by atoms with Crippen LogP contribution in [0.2, 0.25) is 0 Å². The zero-order valence-corrected chi connectivity index (χ0v) is 12.5. The molecule has 1 aliphatic rings. The van der Waals surface area contributed by atoms with Gasteiger partial charge in [0.25, 0.3) is 5.91 Å². The Labute approximate surface area is 132 Å². The van der Waals surface area contributed by atoms with Crippen LogP contribution in [0.3, 0.4) is 0 Å². The second-order valence-corrected chi connectivity index (χ2v) is 5.41. The normalized spacial score (nSPS) is 14.5. The molecule has 1 aromatic carbocycles. The van der Waals surface area contributed by atoms with Gasteiger partial charge in [0.15, 0.2) is 0 Å². The number of piperidine rings is 1. The highest BCUT2D eigenvalue weighted by molar-refractivity contribution is 6.07. The van der Waals surface area contributed by atoms with Crippen LogP contribution in [0.15, 0.2) is 30.5 Å². The number of anilines is 2. The predicted octanol–water partition coefficient (Wildman–Crippen LogP) is 2.56. The number of hydrogen-bond acceptors (Lipinski definition) is 5. The molecule has 120 valence electrons. The molecule has 0 saturated carbocycles. The third kappa shape index (κ3) is 3.15. The Balaban J connectivity index is 1.84. The highest BCUT2D eigenvalue weighted by Gasteiger charge is 2.24. The van der Waals surface area contributed by atoms with Gasteiger partial charge >= 0.3 is 5.69 Å². The van der Waals surface area contributed by atoms with Crippen molar-refractivity contribution < 1.29 is 9.72 Å². The van der Waals surface area contributed by atoms with E-state index >= 15 is 0 Å². The standard InChI is InChI=1S/C15H17N5O3/c21-15(14-13(20(22)23)10-16-18-14)17-11-6-2-3-7-12(11)19-8-4-1-5-9-19/h2-3,6-7,10H,1,4-5,8-9H2,(H,16,18)(H,17,21). The monoisotopic (exact) mass is 315 g/mol. The van der Waals surface area contributed by atoms with Crippen LogP contribution >= 0.6 is 0 Å². The van der Waals surface area contributed by atoms with Crippen molar-refractivity contribution in [3.05, 3.63) is 46.3 Å². The highest BCUT2D eigenvalue weighted by atomic mass is 16.6. The average molecular weight is 315 g/mol. The minimum Gasteiger partial charge on any atom is -0.370 e. The first-order valence-electron chi connectivity index (χ1n) is 7.50. The molecule has 1 fully saturated rings. The smallest absolute Gasteiger partial charge is 0.319 e. The summed E-state index contributed by atoms with van der Waals surface area (Å²) >= 11 is 0. The summed E-state index contributed by atoms with van der Waals surface area (Å²) in [6.45, 7) is 1.88. The Kier molecular flexibility index (Phi) is 4.22. The van der Waals surface area contributed by atoms with Gasteiger partial charge in [-0.2, -0.15) is 5.10 Å². The molecule has 0 aliphatic carbocycles. The summed E-state index contributed by atoms with van der Waals surface area (Å²) in [5.74, 6) is -0.571. The third-order valence-corrected chi connectivity index (χ3v) is 3.89. The number of carbonyl (C=O) groups excluding carboxylic acids is 1. The molecule has 3 rings (SSSR count). The van der Waals surface area contributed by atoms with E-state index in [1.807, 2.05) is 18.2 Å². The van der Waals surface area contributed by atoms with Crippen LogP contribution in [-0.2, 0) is 0 Å². The Morgan fingerprint density at radius 2 is 2.00 bits per heavy atom. The van der Waals surface area contributed by atoms with Gasteiger partial charge in [0, 0.05) is 13.1 Å². The average Bonchev–Trinajstić information content (AvgIpc) is 3.06. The Bertz CT molecular complexity index is 721. The molecule has 0 spiro atoms. The molecule has 8 nitrogen and oxygen atoms in total. The van der Waals surface area contributed by atoms with Crippen molar-refractivity contribution in [2.24, 2.45) is 0 Å². The maximum absolute atomic E-state index is 12.3. The fourth-order valence-corrected chi connectivity index (χ4v) is 2.76. The molecule has 0 bridgehead atoms. The minimum absolute atomic E-state index is 0.150. The van der Waals surface area contributed by atoms with Crippen molar-refractivity contribution in [1.82, 2.24) is 10.2 Å². The van der Waals surface area contributed by atoms with Gasteiger partial charge in [-0.25, -0.2) is 0 Å². The minimum atomic E-state index is -0.630. The molecule has 2 aromatic rings. The molecular weight excluding hydrogens is 298 g/mol. The molecule has 8 heteroatoms. The number of nitro groups is 1. The number of para-hydroxylation sites is 2. The van der Waals surface area contributed by atoms with Crippen molar-refractivity contribution in [3.8, 4) is 0 Å². The first-order valence-corrected chi connectivity index (χ1v) is 7.50. The summed E-state index contributed by atoms with van der Waals surface area (Å²) in [5.41, 5.74) is 1.09. The number of amides is 1. The van der Waals surface area contributed by atoms with Gasteiger partial charge in [-0.05, 0) is 31.4 Å². The molecule has 0 atom stereocenters. The molecule has 1 aromatic heterocycles. The van der Waals surface area contributed by atoms with Crippen molar-refractivity contribution in [2.75, 3.05) is 23.3 Å². The quantitative estimate of drug-likeness (QED) is 0.666. The van der Waals surface area contributed by atoms with Gasteiger partial charge in [-0.1, -0.05) is 12.1 Å². The first kappa shape index (κ1) is 15.0. The number of carbonyl (C=O) groups is 1.